The van der Waals surface area contributed by atoms with Gasteiger partial charge in [0.05, 0.1) is 38.2 Å². The van der Waals surface area contributed by atoms with Crippen molar-refractivity contribution in [3.63, 3.8) is 0 Å². The lowest BCUT2D eigenvalue weighted by atomic mass is 9.80. The summed E-state index contributed by atoms with van der Waals surface area (Å²) in [7, 11) is 3.20. The van der Waals surface area contributed by atoms with Crippen molar-refractivity contribution in [1.29, 1.82) is 0 Å². The second kappa shape index (κ2) is 15.0. The highest BCUT2D eigenvalue weighted by Crippen LogP contribution is 2.42. The van der Waals surface area contributed by atoms with Crippen LogP contribution in [0.5, 0.6) is 11.5 Å². The summed E-state index contributed by atoms with van der Waals surface area (Å²) < 4.78 is 26.6. The van der Waals surface area contributed by atoms with E-state index in [2.05, 4.69) is 9.97 Å². The van der Waals surface area contributed by atoms with Crippen molar-refractivity contribution < 1.29 is 24.1 Å². The average Bonchev–Trinajstić information content (AvgIpc) is 3.56. The molecule has 3 N–H and O–H groups in total. The molecule has 1 saturated heterocycles. The number of nitrogens with zero attached hydrogens (tertiary/aromatic N) is 2. The zero-order valence-electron chi connectivity index (χ0n) is 29.7. The molecule has 4 aromatic carbocycles. The van der Waals surface area contributed by atoms with Crippen molar-refractivity contribution in [3.8, 4) is 28.3 Å². The molecule has 276 valence electrons. The first-order valence-electron chi connectivity index (χ1n) is 17.2. The van der Waals surface area contributed by atoms with E-state index in [1.807, 2.05) is 78.9 Å². The predicted octanol–water partition coefficient (Wildman–Crippen LogP) is 4.03. The summed E-state index contributed by atoms with van der Waals surface area (Å²) in [6.45, 7) is 1.50. The minimum Gasteiger partial charge on any atom is -0.497 e. The topological polar surface area (TPSA) is 167 Å². The number of aryl methyl sites for hydroxylation is 1. The summed E-state index contributed by atoms with van der Waals surface area (Å²) in [4.78, 5) is 55.5. The number of nitrogens with one attached hydrogen (secondary N) is 2. The van der Waals surface area contributed by atoms with Gasteiger partial charge in [-0.2, -0.15) is 0 Å². The molecule has 0 amide bonds. The van der Waals surface area contributed by atoms with Gasteiger partial charge >= 0.3 is 11.4 Å². The Hall–Kier alpha value is -6.28. The smallest absolute Gasteiger partial charge is 0.332 e. The molecule has 3 heterocycles. The fourth-order valence-corrected chi connectivity index (χ4v) is 6.80. The molecule has 3 atom stereocenters. The molecule has 1 fully saturated rings. The van der Waals surface area contributed by atoms with Crippen LogP contribution in [0, 0.1) is 6.92 Å². The molecule has 7 rings (SSSR count). The summed E-state index contributed by atoms with van der Waals surface area (Å²) >= 11 is 0. The lowest BCUT2D eigenvalue weighted by molar-refractivity contribution is -0.0944. The third-order valence-corrected chi connectivity index (χ3v) is 9.68. The Morgan fingerprint density at radius 1 is 0.759 bits per heavy atom. The van der Waals surface area contributed by atoms with Gasteiger partial charge in [0.2, 0.25) is 0 Å². The number of hydrogen-bond acceptors (Lipinski definition) is 9. The van der Waals surface area contributed by atoms with Crippen molar-refractivity contribution in [2.24, 2.45) is 0 Å². The molecule has 0 spiro atoms. The number of hydrogen-bond donors (Lipinski definition) is 3. The number of benzene rings is 4. The van der Waals surface area contributed by atoms with Gasteiger partial charge in [-0.15, -0.1) is 0 Å². The molecule has 0 bridgehead atoms. The number of aromatic amines is 2. The lowest BCUT2D eigenvalue weighted by Crippen LogP contribution is -2.38. The monoisotopic (exact) mass is 730 g/mol. The summed E-state index contributed by atoms with van der Waals surface area (Å²) in [5.41, 5.74) is 0.0130. The Bertz CT molecular complexity index is 2460. The van der Waals surface area contributed by atoms with Crippen LogP contribution in [-0.4, -0.2) is 57.2 Å². The molecular formula is C41H38N4O9. The lowest BCUT2D eigenvalue weighted by Gasteiger charge is -2.37. The van der Waals surface area contributed by atoms with Crippen molar-refractivity contribution in [2.45, 2.75) is 37.4 Å². The molecule has 13 nitrogen and oxygen atoms in total. The number of methoxy groups -OCH3 is 2. The van der Waals surface area contributed by atoms with Crippen molar-refractivity contribution in [1.82, 2.24) is 19.1 Å². The van der Waals surface area contributed by atoms with Crippen molar-refractivity contribution in [2.75, 3.05) is 20.8 Å². The first kappa shape index (κ1) is 36.1. The van der Waals surface area contributed by atoms with E-state index in [1.165, 1.54) is 21.5 Å². The highest BCUT2D eigenvalue weighted by molar-refractivity contribution is 5.64. The fraction of sp³-hybridized carbons (Fsp3) is 0.220. The van der Waals surface area contributed by atoms with Gasteiger partial charge in [-0.05, 0) is 65.6 Å². The number of aliphatic hydroxyl groups is 1. The number of aromatic nitrogens is 4. The molecule has 13 heteroatoms. The Morgan fingerprint density at radius 2 is 1.37 bits per heavy atom. The summed E-state index contributed by atoms with van der Waals surface area (Å²) in [6.07, 6.45) is -0.0132. The highest BCUT2D eigenvalue weighted by atomic mass is 16.6. The summed E-state index contributed by atoms with van der Waals surface area (Å²) in [5.74, 6) is 1.34. The molecule has 1 aliphatic heterocycles. The van der Waals surface area contributed by atoms with E-state index in [-0.39, 0.29) is 18.6 Å². The normalized spacial score (nSPS) is 17.0. The minimum atomic E-state index is -1.17. The number of ether oxygens (including phenoxy) is 4. The maximum Gasteiger partial charge on any atom is 0.332 e. The summed E-state index contributed by atoms with van der Waals surface area (Å²) in [6, 6.07) is 31.4. The summed E-state index contributed by atoms with van der Waals surface area (Å²) in [5, 5.41) is 11.3. The van der Waals surface area contributed by atoms with E-state index in [9.17, 15) is 24.3 Å². The van der Waals surface area contributed by atoms with Crippen LogP contribution in [0.25, 0.3) is 16.8 Å². The Balaban J connectivity index is 1.21. The quantitative estimate of drug-likeness (QED) is 0.167. The van der Waals surface area contributed by atoms with Crippen LogP contribution in [-0.2, 0) is 15.1 Å². The number of H-pyrrole nitrogens is 2. The largest absolute Gasteiger partial charge is 0.497 e. The first-order valence-corrected chi connectivity index (χ1v) is 17.2. The van der Waals surface area contributed by atoms with Crippen LogP contribution in [0.2, 0.25) is 0 Å². The molecule has 0 radical (unpaired) electrons. The third-order valence-electron chi connectivity index (χ3n) is 9.68. The average molecular weight is 731 g/mol. The van der Waals surface area contributed by atoms with Crippen LogP contribution in [0.15, 0.2) is 135 Å². The number of rotatable bonds is 11. The third kappa shape index (κ3) is 6.83. The van der Waals surface area contributed by atoms with E-state index in [1.54, 1.807) is 45.4 Å². The maximum absolute atomic E-state index is 13.2. The van der Waals surface area contributed by atoms with E-state index in [4.69, 9.17) is 18.9 Å². The van der Waals surface area contributed by atoms with E-state index in [0.717, 1.165) is 16.7 Å². The molecule has 0 unspecified atom stereocenters. The van der Waals surface area contributed by atoms with Gasteiger partial charge < -0.3 is 24.1 Å². The van der Waals surface area contributed by atoms with Gasteiger partial charge in [-0.3, -0.25) is 28.7 Å². The maximum atomic E-state index is 13.2. The molecule has 54 heavy (non-hydrogen) atoms. The second-order valence-electron chi connectivity index (χ2n) is 12.9. The molecule has 6 aromatic rings. The van der Waals surface area contributed by atoms with Gasteiger partial charge in [0.1, 0.15) is 29.4 Å². The van der Waals surface area contributed by atoms with Gasteiger partial charge in [-0.1, -0.05) is 66.7 Å². The van der Waals surface area contributed by atoms with Gasteiger partial charge in [-0.25, -0.2) is 9.59 Å². The zero-order chi connectivity index (χ0) is 38.0. The standard InChI is InChI=1S/C41H38N4O9/c1-25-22-44(39(49)42-37(25)47)30-11-7-8-26(20-30)33-23-45(40(50)43-38(33)48)36-21-34(46)35(54-36)24-53-41(27-9-5-4-6-10-27,28-12-16-31(51-2)17-13-28)29-14-18-32(52-3)19-15-29/h4-20,22-23,34-36,46H,21,24H2,1-3H3,(H,42,47,49)(H,43,48,50)/t34-,35+,36+/m0/s1. The van der Waals surface area contributed by atoms with Gasteiger partial charge in [0, 0.05) is 24.4 Å². The SMILES string of the molecule is COc1ccc(C(OC[C@H]2O[C@@H](n3cc(-c4cccc(-n5cc(C)c(=O)[nH]c5=O)c4)c(=O)[nH]c3=O)C[C@@H]2O)(c2ccccc2)c2ccc(OC)cc2)cc1. The van der Waals surface area contributed by atoms with E-state index >= 15 is 0 Å². The van der Waals surface area contributed by atoms with Crippen LogP contribution >= 0.6 is 0 Å². The Kier molecular flexibility index (Phi) is 10.0. The van der Waals surface area contributed by atoms with Crippen molar-refractivity contribution >= 4 is 0 Å². The minimum absolute atomic E-state index is 0.0366. The molecular weight excluding hydrogens is 692 g/mol. The molecule has 2 aromatic heterocycles. The first-order chi connectivity index (χ1) is 26.1. The van der Waals surface area contributed by atoms with Gasteiger partial charge in [0.15, 0.2) is 0 Å². The van der Waals surface area contributed by atoms with Crippen LogP contribution in [0.3, 0.4) is 0 Å². The van der Waals surface area contributed by atoms with Crippen molar-refractivity contribution in [3.05, 3.63) is 179 Å². The zero-order valence-corrected chi connectivity index (χ0v) is 29.7. The number of aliphatic hydroxyl groups excluding tert-OH is 1. The Morgan fingerprint density at radius 3 is 2.00 bits per heavy atom. The highest BCUT2D eigenvalue weighted by Gasteiger charge is 2.42. The van der Waals surface area contributed by atoms with Crippen LogP contribution < -0.4 is 32.0 Å². The van der Waals surface area contributed by atoms with E-state index in [0.29, 0.717) is 28.3 Å². The predicted molar refractivity (Wildman–Crippen MR) is 201 cm³/mol. The van der Waals surface area contributed by atoms with Crippen LogP contribution in [0.4, 0.5) is 0 Å². The van der Waals surface area contributed by atoms with Gasteiger partial charge in [0.25, 0.3) is 11.1 Å². The van der Waals surface area contributed by atoms with Crippen LogP contribution in [0.1, 0.15) is 34.9 Å². The molecule has 0 aliphatic carbocycles. The fourth-order valence-electron chi connectivity index (χ4n) is 6.80. The molecule has 1 aliphatic rings. The van der Waals surface area contributed by atoms with E-state index < -0.39 is 46.5 Å². The Labute approximate surface area is 308 Å². The molecule has 0 saturated carbocycles. The second-order valence-corrected chi connectivity index (χ2v) is 12.9.